The lowest BCUT2D eigenvalue weighted by Crippen LogP contribution is -2.37. The van der Waals surface area contributed by atoms with E-state index in [1.54, 1.807) is 0 Å². The monoisotopic (exact) mass is 254 g/mol. The third-order valence-corrected chi connectivity index (χ3v) is 4.00. The maximum atomic E-state index is 6.06. The summed E-state index contributed by atoms with van der Waals surface area (Å²) in [5.74, 6) is 3.02. The highest BCUT2D eigenvalue weighted by Crippen LogP contribution is 2.37. The zero-order chi connectivity index (χ0) is 13.2. The average molecular weight is 254 g/mol. The number of ether oxygens (including phenoxy) is 2. The van der Waals surface area contributed by atoms with E-state index in [1.165, 1.54) is 5.56 Å². The first-order valence-electron chi connectivity index (χ1n) is 6.78. The van der Waals surface area contributed by atoms with E-state index in [9.17, 15) is 0 Å². The largest absolute Gasteiger partial charge is 0.367 e. The third-order valence-electron chi connectivity index (χ3n) is 4.00. The van der Waals surface area contributed by atoms with Gasteiger partial charge in [-0.3, -0.25) is 0 Å². The number of hydrogen-bond donors (Lipinski definition) is 0. The molecule has 1 aromatic carbocycles. The Morgan fingerprint density at radius 1 is 1.21 bits per heavy atom. The molecule has 2 heterocycles. The molecule has 5 atom stereocenters. The fourth-order valence-electron chi connectivity index (χ4n) is 2.82. The van der Waals surface area contributed by atoms with Crippen LogP contribution in [0, 0.1) is 18.3 Å². The molecule has 0 N–H and O–H groups in total. The number of terminal acetylenes is 1. The van der Waals surface area contributed by atoms with Crippen LogP contribution >= 0.6 is 0 Å². The Balaban J connectivity index is 1.73. The molecule has 2 nitrogen and oxygen atoms in total. The molecule has 2 aliphatic rings. The summed E-state index contributed by atoms with van der Waals surface area (Å²) in [6.07, 6.45) is 10.8. The van der Waals surface area contributed by atoms with Gasteiger partial charge in [0.25, 0.3) is 0 Å². The second kappa shape index (κ2) is 5.21. The number of hydrogen-bond acceptors (Lipinski definition) is 2. The first kappa shape index (κ1) is 12.5. The summed E-state index contributed by atoms with van der Waals surface area (Å²) in [4.78, 5) is 0. The van der Waals surface area contributed by atoms with E-state index in [0.29, 0.717) is 5.92 Å². The Kier molecular flexibility index (Phi) is 3.42. The molecule has 1 aromatic rings. The van der Waals surface area contributed by atoms with Gasteiger partial charge in [-0.05, 0) is 5.56 Å². The zero-order valence-corrected chi connectivity index (χ0v) is 11.0. The minimum atomic E-state index is -0.178. The Hall–Kier alpha value is -1.56. The number of rotatable bonds is 2. The van der Waals surface area contributed by atoms with E-state index in [0.717, 1.165) is 6.42 Å². The van der Waals surface area contributed by atoms with E-state index in [1.807, 2.05) is 18.2 Å². The van der Waals surface area contributed by atoms with E-state index >= 15 is 0 Å². The van der Waals surface area contributed by atoms with Gasteiger partial charge in [0.05, 0.1) is 18.3 Å². The van der Waals surface area contributed by atoms with Crippen LogP contribution in [0.2, 0.25) is 0 Å². The van der Waals surface area contributed by atoms with Crippen LogP contribution in [0.3, 0.4) is 0 Å². The van der Waals surface area contributed by atoms with Gasteiger partial charge in [-0.1, -0.05) is 55.3 Å². The topological polar surface area (TPSA) is 18.5 Å². The smallest absolute Gasteiger partial charge is 0.144 e. The van der Waals surface area contributed by atoms with Crippen LogP contribution in [-0.4, -0.2) is 24.4 Å². The molecule has 98 valence electrons. The van der Waals surface area contributed by atoms with Crippen LogP contribution in [0.15, 0.2) is 36.4 Å². The zero-order valence-electron chi connectivity index (χ0n) is 11.0. The van der Waals surface area contributed by atoms with Gasteiger partial charge in [-0.25, -0.2) is 0 Å². The van der Waals surface area contributed by atoms with Crippen LogP contribution < -0.4 is 0 Å². The fourth-order valence-corrected chi connectivity index (χ4v) is 2.82. The van der Waals surface area contributed by atoms with Crippen molar-refractivity contribution in [2.45, 2.75) is 37.8 Å². The highest BCUT2D eigenvalue weighted by Gasteiger charge is 2.45. The van der Waals surface area contributed by atoms with Crippen LogP contribution in [0.4, 0.5) is 0 Å². The van der Waals surface area contributed by atoms with Gasteiger partial charge in [-0.15, -0.1) is 6.42 Å². The molecule has 3 unspecified atom stereocenters. The minimum absolute atomic E-state index is 0.0524. The van der Waals surface area contributed by atoms with Crippen molar-refractivity contribution < 1.29 is 9.47 Å². The van der Waals surface area contributed by atoms with Crippen molar-refractivity contribution in [2.24, 2.45) is 5.92 Å². The normalized spacial score (nSPS) is 37.4. The summed E-state index contributed by atoms with van der Waals surface area (Å²) in [5.41, 5.74) is 1.19. The van der Waals surface area contributed by atoms with E-state index in [-0.39, 0.29) is 24.4 Å². The molecular formula is C17H18O2. The van der Waals surface area contributed by atoms with Crippen molar-refractivity contribution in [1.82, 2.24) is 0 Å². The Bertz CT molecular complexity index is 500. The second-order valence-electron chi connectivity index (χ2n) is 5.27. The van der Waals surface area contributed by atoms with Gasteiger partial charge < -0.3 is 9.47 Å². The molecule has 2 saturated heterocycles. The van der Waals surface area contributed by atoms with Gasteiger partial charge in [0.15, 0.2) is 0 Å². The first-order valence-corrected chi connectivity index (χ1v) is 6.78. The van der Waals surface area contributed by atoms with Crippen molar-refractivity contribution in [1.29, 1.82) is 0 Å². The maximum absolute atomic E-state index is 6.06. The standard InChI is InChI=1S/C17H18O2/c1-3-14-17-11-16(18-14)12(2)15(19-17)10-9-13-7-5-4-6-8-13/h1,4-10,12,14-17H,11H2,2H3/b10-9+/t12?,14?,15-,16?,17-/m0/s1. The Morgan fingerprint density at radius 3 is 2.74 bits per heavy atom. The lowest BCUT2D eigenvalue weighted by molar-refractivity contribution is -0.0400. The van der Waals surface area contributed by atoms with Crippen LogP contribution in [0.5, 0.6) is 0 Å². The molecule has 0 spiro atoms. The summed E-state index contributed by atoms with van der Waals surface area (Å²) >= 11 is 0. The van der Waals surface area contributed by atoms with Gasteiger partial charge in [0.2, 0.25) is 0 Å². The minimum Gasteiger partial charge on any atom is -0.367 e. The molecule has 0 saturated carbocycles. The van der Waals surface area contributed by atoms with Gasteiger partial charge in [0.1, 0.15) is 6.10 Å². The van der Waals surface area contributed by atoms with Gasteiger partial charge >= 0.3 is 0 Å². The average Bonchev–Trinajstić information content (AvgIpc) is 2.81. The summed E-state index contributed by atoms with van der Waals surface area (Å²) < 4.78 is 11.9. The van der Waals surface area contributed by atoms with Crippen LogP contribution in [0.25, 0.3) is 6.08 Å². The highest BCUT2D eigenvalue weighted by molar-refractivity contribution is 5.49. The molecule has 3 rings (SSSR count). The van der Waals surface area contributed by atoms with E-state index in [4.69, 9.17) is 15.9 Å². The molecule has 0 radical (unpaired) electrons. The summed E-state index contributed by atoms with van der Waals surface area (Å²) in [6, 6.07) is 10.2. The first-order chi connectivity index (χ1) is 9.28. The van der Waals surface area contributed by atoms with Crippen molar-refractivity contribution in [3.8, 4) is 12.3 Å². The molecular weight excluding hydrogens is 236 g/mol. The quantitative estimate of drug-likeness (QED) is 0.756. The molecule has 2 heteroatoms. The lowest BCUT2D eigenvalue weighted by atomic mass is 9.91. The SMILES string of the molecule is C#CC1OC2C[C@@H]1O[C@@H](/C=C/c1ccccc1)C2C. The molecule has 2 fully saturated rings. The Labute approximate surface area is 114 Å². The molecule has 0 aliphatic carbocycles. The number of benzene rings is 1. The third kappa shape index (κ3) is 2.45. The summed E-state index contributed by atoms with van der Waals surface area (Å²) in [6.45, 7) is 2.17. The van der Waals surface area contributed by atoms with E-state index < -0.39 is 0 Å². The van der Waals surface area contributed by atoms with Gasteiger partial charge in [0, 0.05) is 12.3 Å². The van der Waals surface area contributed by atoms with Gasteiger partial charge in [-0.2, -0.15) is 0 Å². The number of fused-ring (bicyclic) bond motifs is 2. The predicted octanol–water partition coefficient (Wildman–Crippen LogP) is 2.89. The summed E-state index contributed by atoms with van der Waals surface area (Å²) in [5, 5.41) is 0. The van der Waals surface area contributed by atoms with Crippen molar-refractivity contribution in [3.63, 3.8) is 0 Å². The Morgan fingerprint density at radius 2 is 2.00 bits per heavy atom. The molecule has 0 amide bonds. The second-order valence-corrected chi connectivity index (χ2v) is 5.27. The van der Waals surface area contributed by atoms with Crippen LogP contribution in [0.1, 0.15) is 18.9 Å². The maximum Gasteiger partial charge on any atom is 0.144 e. The van der Waals surface area contributed by atoms with Crippen molar-refractivity contribution >= 4 is 6.08 Å². The summed E-state index contributed by atoms with van der Waals surface area (Å²) in [7, 11) is 0. The fraction of sp³-hybridized carbons (Fsp3) is 0.412. The molecule has 19 heavy (non-hydrogen) atoms. The molecule has 2 aliphatic heterocycles. The van der Waals surface area contributed by atoms with Crippen molar-refractivity contribution in [2.75, 3.05) is 0 Å². The highest BCUT2D eigenvalue weighted by atomic mass is 16.6. The predicted molar refractivity (Wildman–Crippen MR) is 75.4 cm³/mol. The van der Waals surface area contributed by atoms with Crippen LogP contribution in [-0.2, 0) is 9.47 Å². The molecule has 0 aromatic heterocycles. The lowest BCUT2D eigenvalue weighted by Gasteiger charge is -2.31. The molecule has 2 bridgehead atoms. The van der Waals surface area contributed by atoms with E-state index in [2.05, 4.69) is 37.1 Å². The van der Waals surface area contributed by atoms with Crippen molar-refractivity contribution in [3.05, 3.63) is 42.0 Å².